The van der Waals surface area contributed by atoms with Crippen LogP contribution in [0.3, 0.4) is 0 Å². The lowest BCUT2D eigenvalue weighted by Crippen LogP contribution is -2.55. The molecule has 8 N–H and O–H groups in total. The molecule has 0 saturated heterocycles. The molecule has 196 valence electrons. The normalized spacial score (nSPS) is 13.4. The summed E-state index contributed by atoms with van der Waals surface area (Å²) in [6.45, 7) is -0.436. The van der Waals surface area contributed by atoms with Crippen molar-refractivity contribution in [3.05, 3.63) is 65.9 Å². The minimum atomic E-state index is -1.27. The molecule has 3 atom stereocenters. The smallest absolute Gasteiger partial charge is 0.327 e. The number of phenolic OH excluding ortho intramolecular Hbond substituents is 1. The fourth-order valence-corrected chi connectivity index (χ4v) is 3.96. The summed E-state index contributed by atoms with van der Waals surface area (Å²) in [5.41, 5.74) is 8.44. The van der Waals surface area contributed by atoms with Gasteiger partial charge in [0.2, 0.25) is 17.7 Å². The number of aliphatic carboxylic acids is 1. The number of carboxylic acid groups (broad SMARTS) is 1. The van der Waals surface area contributed by atoms with Gasteiger partial charge in [0.15, 0.2) is 0 Å². The first-order valence-corrected chi connectivity index (χ1v) is 12.1. The van der Waals surface area contributed by atoms with E-state index in [1.807, 2.05) is 24.3 Å². The molecular formula is C25H29N5O6S. The summed E-state index contributed by atoms with van der Waals surface area (Å²) in [6.07, 6.45) is 2.06. The molecule has 0 bridgehead atoms. The average molecular weight is 528 g/mol. The Labute approximate surface area is 218 Å². The summed E-state index contributed by atoms with van der Waals surface area (Å²) in [5, 5.41) is 27.0. The average Bonchev–Trinajstić information content (AvgIpc) is 3.29. The molecule has 0 fully saturated rings. The molecule has 1 heterocycles. The Bertz CT molecular complexity index is 1260. The van der Waals surface area contributed by atoms with E-state index in [4.69, 9.17) is 5.73 Å². The van der Waals surface area contributed by atoms with Gasteiger partial charge in [-0.15, -0.1) is 0 Å². The Morgan fingerprint density at radius 2 is 1.65 bits per heavy atom. The van der Waals surface area contributed by atoms with Crippen molar-refractivity contribution in [3.63, 3.8) is 0 Å². The highest BCUT2D eigenvalue weighted by atomic mass is 32.1. The number of amides is 3. The third kappa shape index (κ3) is 7.72. The highest BCUT2D eigenvalue weighted by molar-refractivity contribution is 7.80. The van der Waals surface area contributed by atoms with Crippen LogP contribution in [-0.2, 0) is 32.0 Å². The maximum atomic E-state index is 12.8. The third-order valence-electron chi connectivity index (χ3n) is 5.70. The predicted octanol–water partition coefficient (Wildman–Crippen LogP) is 0.0862. The van der Waals surface area contributed by atoms with Gasteiger partial charge in [-0.05, 0) is 35.7 Å². The number of rotatable bonds is 12. The number of fused-ring (bicyclic) bond motifs is 1. The monoisotopic (exact) mass is 527 g/mol. The van der Waals surface area contributed by atoms with E-state index in [1.54, 1.807) is 18.3 Å². The molecule has 0 radical (unpaired) electrons. The van der Waals surface area contributed by atoms with Gasteiger partial charge in [0, 0.05) is 29.3 Å². The SMILES string of the molecule is NC(Cc1c[nH]c2ccccc12)C(=O)NCC(=O)NC(Cc1ccc(O)cc1)C(=O)NC(CS)C(=O)O. The molecule has 11 nitrogen and oxygen atoms in total. The number of carbonyl (C=O) groups excluding carboxylic acids is 3. The van der Waals surface area contributed by atoms with Gasteiger partial charge < -0.3 is 36.9 Å². The van der Waals surface area contributed by atoms with Gasteiger partial charge in [0.1, 0.15) is 17.8 Å². The van der Waals surface area contributed by atoms with Crippen LogP contribution in [0.25, 0.3) is 10.9 Å². The zero-order valence-corrected chi connectivity index (χ0v) is 20.7. The maximum absolute atomic E-state index is 12.8. The number of aromatic amines is 1. The first kappa shape index (κ1) is 27.6. The number of thiol groups is 1. The number of H-pyrrole nitrogens is 1. The van der Waals surface area contributed by atoms with Crippen molar-refractivity contribution in [2.45, 2.75) is 31.0 Å². The summed E-state index contributed by atoms with van der Waals surface area (Å²) < 4.78 is 0. The Morgan fingerprint density at radius 1 is 0.946 bits per heavy atom. The Morgan fingerprint density at radius 3 is 2.32 bits per heavy atom. The van der Waals surface area contributed by atoms with E-state index in [-0.39, 0.29) is 24.3 Å². The topological polar surface area (TPSA) is 187 Å². The molecule has 3 aromatic rings. The molecule has 0 aliphatic carbocycles. The van der Waals surface area contributed by atoms with Crippen molar-refractivity contribution < 1.29 is 29.4 Å². The minimum absolute atomic E-state index is 0.0186. The Kier molecular flexibility index (Phi) is 9.52. The fourth-order valence-electron chi connectivity index (χ4n) is 3.71. The molecule has 0 aliphatic rings. The van der Waals surface area contributed by atoms with E-state index in [0.29, 0.717) is 5.56 Å². The van der Waals surface area contributed by atoms with E-state index in [1.165, 1.54) is 12.1 Å². The summed E-state index contributed by atoms with van der Waals surface area (Å²) >= 11 is 3.93. The molecule has 3 unspecified atom stereocenters. The number of carbonyl (C=O) groups is 4. The summed E-state index contributed by atoms with van der Waals surface area (Å²) in [5.74, 6) is -3.32. The van der Waals surface area contributed by atoms with Crippen molar-refractivity contribution >= 4 is 47.2 Å². The third-order valence-corrected chi connectivity index (χ3v) is 6.06. The van der Waals surface area contributed by atoms with Crippen LogP contribution in [0, 0.1) is 0 Å². The number of phenols is 1. The number of hydrogen-bond acceptors (Lipinski definition) is 7. The van der Waals surface area contributed by atoms with Gasteiger partial charge in [0.25, 0.3) is 0 Å². The number of nitrogens with two attached hydrogens (primary N) is 1. The van der Waals surface area contributed by atoms with Gasteiger partial charge in [0.05, 0.1) is 12.6 Å². The van der Waals surface area contributed by atoms with Crippen LogP contribution >= 0.6 is 12.6 Å². The number of benzene rings is 2. The molecule has 3 amide bonds. The molecular weight excluding hydrogens is 498 g/mol. The number of carboxylic acids is 1. The molecule has 0 spiro atoms. The Hall–Kier alpha value is -4.03. The lowest BCUT2D eigenvalue weighted by Gasteiger charge is -2.21. The first-order valence-electron chi connectivity index (χ1n) is 11.5. The van der Waals surface area contributed by atoms with E-state index < -0.39 is 48.4 Å². The van der Waals surface area contributed by atoms with Crippen LogP contribution < -0.4 is 21.7 Å². The standard InChI is InChI=1S/C25H29N5O6S/c26-18(10-15-11-27-19-4-2-1-3-17(15)19)23(33)28-12-22(32)29-20(9-14-5-7-16(31)8-6-14)24(34)30-21(13-37)25(35)36/h1-8,11,18,20-21,27,31,37H,9-10,12-13,26H2,(H,28,33)(H,29,32)(H,30,34)(H,35,36). The minimum Gasteiger partial charge on any atom is -0.508 e. The Balaban J connectivity index is 1.59. The molecule has 0 saturated carbocycles. The van der Waals surface area contributed by atoms with Crippen LogP contribution in [0.1, 0.15) is 11.1 Å². The second-order valence-electron chi connectivity index (χ2n) is 8.46. The largest absolute Gasteiger partial charge is 0.508 e. The van der Waals surface area contributed by atoms with Crippen molar-refractivity contribution in [2.24, 2.45) is 5.73 Å². The fraction of sp³-hybridized carbons (Fsp3) is 0.280. The molecule has 1 aromatic heterocycles. The van der Waals surface area contributed by atoms with Crippen LogP contribution in [0.4, 0.5) is 0 Å². The van der Waals surface area contributed by atoms with Gasteiger partial charge in [-0.2, -0.15) is 12.6 Å². The molecule has 37 heavy (non-hydrogen) atoms. The molecule has 0 aliphatic heterocycles. The van der Waals surface area contributed by atoms with E-state index >= 15 is 0 Å². The van der Waals surface area contributed by atoms with Crippen molar-refractivity contribution in [1.29, 1.82) is 0 Å². The molecule has 12 heteroatoms. The summed E-state index contributed by atoms with van der Waals surface area (Å²) in [4.78, 5) is 52.3. The molecule has 3 rings (SSSR count). The van der Waals surface area contributed by atoms with Crippen LogP contribution in [0.15, 0.2) is 54.7 Å². The van der Waals surface area contributed by atoms with Crippen molar-refractivity contribution in [2.75, 3.05) is 12.3 Å². The lowest BCUT2D eigenvalue weighted by molar-refractivity contribution is -0.141. The van der Waals surface area contributed by atoms with Crippen molar-refractivity contribution in [1.82, 2.24) is 20.9 Å². The van der Waals surface area contributed by atoms with E-state index in [0.717, 1.165) is 16.5 Å². The van der Waals surface area contributed by atoms with Gasteiger partial charge in [-0.1, -0.05) is 30.3 Å². The second kappa shape index (κ2) is 12.8. The van der Waals surface area contributed by atoms with E-state index in [2.05, 4.69) is 33.6 Å². The van der Waals surface area contributed by atoms with Gasteiger partial charge >= 0.3 is 5.97 Å². The highest BCUT2D eigenvalue weighted by Crippen LogP contribution is 2.18. The number of nitrogens with one attached hydrogen (secondary N) is 4. The number of aromatic nitrogens is 1. The van der Waals surface area contributed by atoms with Crippen molar-refractivity contribution in [3.8, 4) is 5.75 Å². The quantitative estimate of drug-likeness (QED) is 0.153. The second-order valence-corrected chi connectivity index (χ2v) is 8.83. The predicted molar refractivity (Wildman–Crippen MR) is 140 cm³/mol. The lowest BCUT2D eigenvalue weighted by atomic mass is 10.0. The first-order chi connectivity index (χ1) is 17.7. The van der Waals surface area contributed by atoms with E-state index in [9.17, 15) is 29.4 Å². The zero-order chi connectivity index (χ0) is 26.9. The number of hydrogen-bond donors (Lipinski definition) is 8. The van der Waals surface area contributed by atoms with Crippen LogP contribution in [0.5, 0.6) is 5.75 Å². The van der Waals surface area contributed by atoms with Gasteiger partial charge in [-0.3, -0.25) is 14.4 Å². The number of para-hydroxylation sites is 1. The van der Waals surface area contributed by atoms with Crippen LogP contribution in [0.2, 0.25) is 0 Å². The number of aromatic hydroxyl groups is 1. The summed E-state index contributed by atoms with van der Waals surface area (Å²) in [7, 11) is 0. The van der Waals surface area contributed by atoms with Crippen LogP contribution in [-0.4, -0.2) is 69.3 Å². The summed E-state index contributed by atoms with van der Waals surface area (Å²) in [6, 6.07) is 10.3. The zero-order valence-electron chi connectivity index (χ0n) is 19.8. The molecule has 2 aromatic carbocycles. The maximum Gasteiger partial charge on any atom is 0.327 e. The highest BCUT2D eigenvalue weighted by Gasteiger charge is 2.26. The van der Waals surface area contributed by atoms with Gasteiger partial charge in [-0.25, -0.2) is 4.79 Å².